The van der Waals surface area contributed by atoms with Crippen LogP contribution in [0.5, 0.6) is 0 Å². The minimum Gasteiger partial charge on any atom is -0.465 e. The van der Waals surface area contributed by atoms with E-state index >= 15 is 0 Å². The minimum atomic E-state index is -0.805. The quantitative estimate of drug-likeness (QED) is 0.481. The van der Waals surface area contributed by atoms with Crippen molar-refractivity contribution in [3.63, 3.8) is 0 Å². The summed E-state index contributed by atoms with van der Waals surface area (Å²) in [6.45, 7) is 0. The molecule has 66 valence electrons. The molecule has 0 aliphatic rings. The van der Waals surface area contributed by atoms with E-state index < -0.39 is 11.9 Å². The Morgan fingerprint density at radius 3 is 1.33 bits per heavy atom. The maximum atomic E-state index is 10.7. The molecule has 12 heavy (non-hydrogen) atoms. The van der Waals surface area contributed by atoms with E-state index in [0.717, 1.165) is 14.2 Å². The largest absolute Gasteiger partial charge is 0.465 e. The van der Waals surface area contributed by atoms with Crippen molar-refractivity contribution in [1.29, 1.82) is 0 Å². The number of hydrogen-bond donors (Lipinski definition) is 0. The maximum Gasteiger partial charge on any atom is 0.350 e. The number of esters is 2. The summed E-state index contributed by atoms with van der Waals surface area (Å²) < 4.78 is 8.50. The number of hydrogen-bond acceptors (Lipinski definition) is 6. The molecule has 0 saturated heterocycles. The van der Waals surface area contributed by atoms with Crippen LogP contribution in [-0.4, -0.2) is 35.9 Å². The van der Waals surface area contributed by atoms with Crippen LogP contribution in [0.3, 0.4) is 0 Å². The van der Waals surface area contributed by atoms with Crippen LogP contribution in [0.15, 0.2) is 0 Å². The maximum absolute atomic E-state index is 10.7. The van der Waals surface area contributed by atoms with Crippen molar-refractivity contribution in [2.45, 2.75) is 0 Å². The topological polar surface area (TPSA) is 52.6 Å². The van der Waals surface area contributed by atoms with Gasteiger partial charge in [0.05, 0.1) is 14.2 Å². The lowest BCUT2D eigenvalue weighted by atomic mass is 10.3. The summed E-state index contributed by atoms with van der Waals surface area (Å²) in [4.78, 5) is 20.8. The molecular weight excluding hydrogens is 200 g/mol. The molecule has 0 bridgehead atoms. The smallest absolute Gasteiger partial charge is 0.350 e. The number of methoxy groups -OCH3 is 2. The Bertz CT molecular complexity index is 220. The molecule has 0 fully saturated rings. The van der Waals surface area contributed by atoms with Gasteiger partial charge in [0.2, 0.25) is 0 Å². The van der Waals surface area contributed by atoms with Gasteiger partial charge in [-0.05, 0) is 0 Å². The van der Waals surface area contributed by atoms with E-state index in [4.69, 9.17) is 0 Å². The molecular formula is C6H6O4S2. The fourth-order valence-corrected chi connectivity index (χ4v) is 0.704. The average Bonchev–Trinajstić information content (AvgIpc) is 2.12. The van der Waals surface area contributed by atoms with Gasteiger partial charge in [0.15, 0.2) is 0 Å². The molecule has 0 aromatic rings. The third-order valence-electron chi connectivity index (χ3n) is 0.948. The predicted octanol–water partition coefficient (Wildman–Crippen LogP) is 0.0722. The molecule has 6 heteroatoms. The second kappa shape index (κ2) is 4.89. The van der Waals surface area contributed by atoms with Crippen molar-refractivity contribution in [2.24, 2.45) is 0 Å². The molecule has 0 radical (unpaired) electrons. The summed E-state index contributed by atoms with van der Waals surface area (Å²) in [5.41, 5.74) is 0. The van der Waals surface area contributed by atoms with Crippen LogP contribution in [0.25, 0.3) is 0 Å². The zero-order valence-electron chi connectivity index (χ0n) is 6.45. The van der Waals surface area contributed by atoms with Gasteiger partial charge in [0, 0.05) is 0 Å². The van der Waals surface area contributed by atoms with Gasteiger partial charge in [-0.25, -0.2) is 9.59 Å². The summed E-state index contributed by atoms with van der Waals surface area (Å²) in [7, 11) is 2.29. The summed E-state index contributed by atoms with van der Waals surface area (Å²) >= 11 is 9.05. The highest BCUT2D eigenvalue weighted by molar-refractivity contribution is 7.92. The molecule has 0 amide bonds. The van der Waals surface area contributed by atoms with Crippen LogP contribution >= 0.6 is 24.4 Å². The van der Waals surface area contributed by atoms with Crippen LogP contribution in [-0.2, 0) is 19.1 Å². The van der Waals surface area contributed by atoms with Crippen LogP contribution in [0, 0.1) is 0 Å². The fraction of sp³-hybridized carbons (Fsp3) is 0.333. The minimum absolute atomic E-state index is 0.334. The third-order valence-corrected chi connectivity index (χ3v) is 1.82. The highest BCUT2D eigenvalue weighted by Gasteiger charge is 2.21. The molecule has 0 N–H and O–H groups in total. The van der Waals surface area contributed by atoms with Gasteiger partial charge in [0.25, 0.3) is 0 Å². The lowest BCUT2D eigenvalue weighted by Gasteiger charge is -2.00. The molecule has 0 rings (SSSR count). The van der Waals surface area contributed by atoms with Gasteiger partial charge in [-0.3, -0.25) is 0 Å². The Morgan fingerprint density at radius 2 is 1.17 bits per heavy atom. The first kappa shape index (κ1) is 11.1. The molecule has 0 spiro atoms. The SMILES string of the molecule is COC(=O)C(=S)C(=S)C(=O)OC. The van der Waals surface area contributed by atoms with Crippen molar-refractivity contribution in [3.05, 3.63) is 0 Å². The molecule has 0 aromatic carbocycles. The first-order valence-electron chi connectivity index (χ1n) is 2.79. The van der Waals surface area contributed by atoms with E-state index in [1.54, 1.807) is 0 Å². The van der Waals surface area contributed by atoms with Crippen molar-refractivity contribution < 1.29 is 19.1 Å². The zero-order chi connectivity index (χ0) is 9.72. The summed E-state index contributed by atoms with van der Waals surface area (Å²) in [5.74, 6) is -1.61. The van der Waals surface area contributed by atoms with E-state index in [0.29, 0.717) is 0 Å². The number of ether oxygens (including phenoxy) is 2. The third kappa shape index (κ3) is 2.63. The molecule has 0 aromatic heterocycles. The summed E-state index contributed by atoms with van der Waals surface area (Å²) in [6, 6.07) is 0. The van der Waals surface area contributed by atoms with E-state index in [1.807, 2.05) is 0 Å². The Balaban J connectivity index is 4.41. The highest BCUT2D eigenvalue weighted by Crippen LogP contribution is 1.91. The van der Waals surface area contributed by atoms with Gasteiger partial charge in [-0.1, -0.05) is 24.4 Å². The lowest BCUT2D eigenvalue weighted by Crippen LogP contribution is -2.28. The average molecular weight is 206 g/mol. The van der Waals surface area contributed by atoms with Crippen molar-refractivity contribution in [1.82, 2.24) is 0 Å². The van der Waals surface area contributed by atoms with Gasteiger partial charge >= 0.3 is 11.9 Å². The Labute approximate surface area is 79.8 Å². The van der Waals surface area contributed by atoms with E-state index in [9.17, 15) is 9.59 Å². The van der Waals surface area contributed by atoms with Crippen LogP contribution in [0.4, 0.5) is 0 Å². The number of carbonyl (C=O) groups is 2. The van der Waals surface area contributed by atoms with Crippen LogP contribution in [0.2, 0.25) is 0 Å². The first-order chi connectivity index (χ1) is 5.54. The molecule has 0 atom stereocenters. The standard InChI is InChI=1S/C6H6O4S2/c1-9-5(7)3(11)4(12)6(8)10-2/h1-2H3. The van der Waals surface area contributed by atoms with Crippen molar-refractivity contribution in [3.8, 4) is 0 Å². The lowest BCUT2D eigenvalue weighted by molar-refractivity contribution is -0.134. The molecule has 0 saturated carbocycles. The van der Waals surface area contributed by atoms with Gasteiger partial charge in [-0.2, -0.15) is 0 Å². The van der Waals surface area contributed by atoms with Gasteiger partial charge in [0.1, 0.15) is 9.73 Å². The van der Waals surface area contributed by atoms with E-state index in [2.05, 4.69) is 33.9 Å². The molecule has 0 aliphatic heterocycles. The second-order valence-electron chi connectivity index (χ2n) is 1.64. The first-order valence-corrected chi connectivity index (χ1v) is 3.61. The van der Waals surface area contributed by atoms with Gasteiger partial charge < -0.3 is 9.47 Å². The zero-order valence-corrected chi connectivity index (χ0v) is 8.08. The normalized spacial score (nSPS) is 8.50. The van der Waals surface area contributed by atoms with Crippen LogP contribution < -0.4 is 0 Å². The molecule has 0 unspecified atom stereocenters. The molecule has 0 heterocycles. The number of carbonyl (C=O) groups excluding carboxylic acids is 2. The van der Waals surface area contributed by atoms with Crippen molar-refractivity contribution in [2.75, 3.05) is 14.2 Å². The molecule has 4 nitrogen and oxygen atoms in total. The Hall–Kier alpha value is -0.880. The molecule has 0 aliphatic carbocycles. The van der Waals surface area contributed by atoms with Crippen LogP contribution in [0.1, 0.15) is 0 Å². The number of rotatable bonds is 3. The van der Waals surface area contributed by atoms with Gasteiger partial charge in [-0.15, -0.1) is 0 Å². The van der Waals surface area contributed by atoms with E-state index in [-0.39, 0.29) is 9.73 Å². The summed E-state index contributed by atoms with van der Waals surface area (Å²) in [5, 5.41) is 0. The van der Waals surface area contributed by atoms with E-state index in [1.165, 1.54) is 0 Å². The highest BCUT2D eigenvalue weighted by atomic mass is 32.1. The Morgan fingerprint density at radius 1 is 0.917 bits per heavy atom. The summed E-state index contributed by atoms with van der Waals surface area (Å²) in [6.07, 6.45) is 0. The van der Waals surface area contributed by atoms with Crippen molar-refractivity contribution >= 4 is 46.1 Å². The number of thiocarbonyl (C=S) groups is 2. The predicted molar refractivity (Wildman–Crippen MR) is 49.2 cm³/mol. The Kier molecular flexibility index (Phi) is 4.53. The fourth-order valence-electron chi connectivity index (χ4n) is 0.371. The second-order valence-corrected chi connectivity index (χ2v) is 2.46. The monoisotopic (exact) mass is 206 g/mol.